The first kappa shape index (κ1) is 20.7. The number of thioether (sulfide) groups is 1. The van der Waals surface area contributed by atoms with Crippen molar-refractivity contribution in [3.8, 4) is 0 Å². The van der Waals surface area contributed by atoms with E-state index in [1.54, 1.807) is 23.5 Å². The van der Waals surface area contributed by atoms with Gasteiger partial charge >= 0.3 is 0 Å². The number of carbonyl (C=O) groups is 1. The Balaban J connectivity index is 1.60. The number of aryl methyl sites for hydroxylation is 2. The molecule has 0 saturated heterocycles. The zero-order valence-corrected chi connectivity index (χ0v) is 17.9. The molecule has 0 radical (unpaired) electrons. The third-order valence-corrected chi connectivity index (χ3v) is 7.04. The molecule has 148 valence electrons. The molecule has 0 aliphatic carbocycles. The normalized spacial score (nSPS) is 11.7. The summed E-state index contributed by atoms with van der Waals surface area (Å²) in [5.74, 6) is 0.795. The first-order valence-electron chi connectivity index (χ1n) is 8.54. The fourth-order valence-electron chi connectivity index (χ4n) is 2.51. The number of hydrogen-bond acceptors (Lipinski definition) is 7. The third-order valence-electron chi connectivity index (χ3n) is 3.95. The highest BCUT2D eigenvalue weighted by Crippen LogP contribution is 2.31. The largest absolute Gasteiger partial charge is 0.351 e. The predicted molar refractivity (Wildman–Crippen MR) is 112 cm³/mol. The quantitative estimate of drug-likeness (QED) is 0.435. The lowest BCUT2D eigenvalue weighted by Crippen LogP contribution is -2.24. The van der Waals surface area contributed by atoms with Gasteiger partial charge in [-0.05, 0) is 37.1 Å². The molecule has 0 bridgehead atoms. The maximum atomic E-state index is 12.2. The number of primary sulfonamides is 1. The smallest absolute Gasteiger partial charge is 0.238 e. The van der Waals surface area contributed by atoms with Crippen molar-refractivity contribution in [2.24, 2.45) is 5.14 Å². The van der Waals surface area contributed by atoms with E-state index in [1.807, 2.05) is 6.92 Å². The van der Waals surface area contributed by atoms with Crippen LogP contribution in [0.5, 0.6) is 0 Å². The van der Waals surface area contributed by atoms with E-state index in [9.17, 15) is 13.2 Å². The summed E-state index contributed by atoms with van der Waals surface area (Å²) in [5, 5.41) is 9.70. The van der Waals surface area contributed by atoms with Gasteiger partial charge in [-0.1, -0.05) is 30.8 Å². The average Bonchev–Trinajstić information content (AvgIpc) is 3.07. The standard InChI is InChI=1S/C18H20N4O3S3/c1-3-13-8-15-17(21-11(2)22-18(15)27-13)26-10-16(23)20-9-12-4-6-14(7-5-12)28(19,24)25/h4-8H,3,9-10H2,1-2H3,(H,20,23)(H2,19,24,25). The molecule has 10 heteroatoms. The summed E-state index contributed by atoms with van der Waals surface area (Å²) in [4.78, 5) is 23.4. The minimum absolute atomic E-state index is 0.0449. The Morgan fingerprint density at radius 3 is 2.61 bits per heavy atom. The SMILES string of the molecule is CCc1cc2c(SCC(=O)NCc3ccc(S(N)(=O)=O)cc3)nc(C)nc2s1. The lowest BCUT2D eigenvalue weighted by molar-refractivity contribution is -0.118. The second kappa shape index (κ2) is 8.56. The van der Waals surface area contributed by atoms with Crippen molar-refractivity contribution in [1.29, 1.82) is 0 Å². The van der Waals surface area contributed by atoms with E-state index in [1.165, 1.54) is 28.8 Å². The number of fused-ring (bicyclic) bond motifs is 1. The summed E-state index contributed by atoms with van der Waals surface area (Å²) in [7, 11) is -3.71. The number of hydrogen-bond donors (Lipinski definition) is 2. The van der Waals surface area contributed by atoms with E-state index in [4.69, 9.17) is 5.14 Å². The second-order valence-electron chi connectivity index (χ2n) is 6.12. The summed E-state index contributed by atoms with van der Waals surface area (Å²) < 4.78 is 22.5. The Bertz CT molecular complexity index is 1110. The average molecular weight is 437 g/mol. The van der Waals surface area contributed by atoms with E-state index in [2.05, 4.69) is 28.3 Å². The van der Waals surface area contributed by atoms with Gasteiger partial charge in [0, 0.05) is 16.8 Å². The number of carbonyl (C=O) groups excluding carboxylic acids is 1. The monoisotopic (exact) mass is 436 g/mol. The van der Waals surface area contributed by atoms with E-state index < -0.39 is 10.0 Å². The molecule has 0 saturated carbocycles. The van der Waals surface area contributed by atoms with Crippen LogP contribution in [-0.2, 0) is 27.8 Å². The number of nitrogens with one attached hydrogen (secondary N) is 1. The minimum atomic E-state index is -3.71. The van der Waals surface area contributed by atoms with Crippen LogP contribution in [0.2, 0.25) is 0 Å². The van der Waals surface area contributed by atoms with Crippen molar-refractivity contribution in [2.45, 2.75) is 36.7 Å². The molecule has 0 aliphatic rings. The van der Waals surface area contributed by atoms with Crippen LogP contribution < -0.4 is 10.5 Å². The number of nitrogens with two attached hydrogens (primary N) is 1. The van der Waals surface area contributed by atoms with E-state index in [-0.39, 0.29) is 16.6 Å². The third kappa shape index (κ3) is 5.07. The van der Waals surface area contributed by atoms with Crippen molar-refractivity contribution >= 4 is 49.2 Å². The number of thiophene rings is 1. The van der Waals surface area contributed by atoms with Gasteiger partial charge < -0.3 is 5.32 Å². The molecule has 1 aromatic carbocycles. The Labute approximate surface area is 171 Å². The highest BCUT2D eigenvalue weighted by Gasteiger charge is 2.12. The van der Waals surface area contributed by atoms with Gasteiger partial charge in [-0.2, -0.15) is 0 Å². The zero-order valence-electron chi connectivity index (χ0n) is 15.4. The van der Waals surface area contributed by atoms with E-state index >= 15 is 0 Å². The summed E-state index contributed by atoms with van der Waals surface area (Å²) in [6.45, 7) is 4.25. The summed E-state index contributed by atoms with van der Waals surface area (Å²) in [6, 6.07) is 8.19. The molecule has 7 nitrogen and oxygen atoms in total. The fourth-order valence-corrected chi connectivity index (χ4v) is 4.98. The van der Waals surface area contributed by atoms with E-state index in [0.29, 0.717) is 12.4 Å². The van der Waals surface area contributed by atoms with Crippen LogP contribution in [0.15, 0.2) is 40.3 Å². The van der Waals surface area contributed by atoms with Gasteiger partial charge in [-0.3, -0.25) is 4.79 Å². The number of amides is 1. The van der Waals surface area contributed by atoms with Gasteiger partial charge in [0.2, 0.25) is 15.9 Å². The Hall–Kier alpha value is -2.01. The van der Waals surface area contributed by atoms with Crippen LogP contribution in [0.1, 0.15) is 23.2 Å². The summed E-state index contributed by atoms with van der Waals surface area (Å²) >= 11 is 3.04. The first-order chi connectivity index (χ1) is 13.3. The van der Waals surface area contributed by atoms with Crippen molar-refractivity contribution in [3.63, 3.8) is 0 Å². The van der Waals surface area contributed by atoms with Crippen molar-refractivity contribution in [2.75, 3.05) is 5.75 Å². The molecule has 2 aromatic heterocycles. The van der Waals surface area contributed by atoms with Crippen molar-refractivity contribution in [1.82, 2.24) is 15.3 Å². The van der Waals surface area contributed by atoms with Gasteiger partial charge in [-0.25, -0.2) is 23.5 Å². The van der Waals surface area contributed by atoms with Crippen LogP contribution in [0, 0.1) is 6.92 Å². The molecule has 0 aliphatic heterocycles. The number of rotatable bonds is 7. The van der Waals surface area contributed by atoms with Gasteiger partial charge in [0.25, 0.3) is 0 Å². The molecule has 0 spiro atoms. The maximum Gasteiger partial charge on any atom is 0.238 e. The first-order valence-corrected chi connectivity index (χ1v) is 11.9. The van der Waals surface area contributed by atoms with E-state index in [0.717, 1.165) is 27.2 Å². The predicted octanol–water partition coefficient (Wildman–Crippen LogP) is 2.62. The number of benzene rings is 1. The van der Waals surface area contributed by atoms with Crippen LogP contribution >= 0.6 is 23.1 Å². The minimum Gasteiger partial charge on any atom is -0.351 e. The zero-order chi connectivity index (χ0) is 20.3. The molecule has 2 heterocycles. The van der Waals surface area contributed by atoms with Gasteiger partial charge in [0.1, 0.15) is 15.7 Å². The molecular formula is C18H20N4O3S3. The Kier molecular flexibility index (Phi) is 6.33. The van der Waals surface area contributed by atoms with Crippen LogP contribution in [0.25, 0.3) is 10.2 Å². The highest BCUT2D eigenvalue weighted by molar-refractivity contribution is 8.00. The molecule has 3 N–H and O–H groups in total. The molecule has 0 atom stereocenters. The summed E-state index contributed by atoms with van der Waals surface area (Å²) in [5.41, 5.74) is 0.788. The van der Waals surface area contributed by atoms with Crippen LogP contribution in [-0.4, -0.2) is 30.0 Å². The highest BCUT2D eigenvalue weighted by atomic mass is 32.2. The fraction of sp³-hybridized carbons (Fsp3) is 0.278. The number of sulfonamides is 1. The van der Waals surface area contributed by atoms with Gasteiger partial charge in [0.05, 0.1) is 10.6 Å². The summed E-state index contributed by atoms with van der Waals surface area (Å²) in [6.07, 6.45) is 0.939. The maximum absolute atomic E-state index is 12.2. The van der Waals surface area contributed by atoms with Gasteiger partial charge in [0.15, 0.2) is 0 Å². The second-order valence-corrected chi connectivity index (χ2v) is 9.76. The number of nitrogens with zero attached hydrogens (tertiary/aromatic N) is 2. The molecule has 3 rings (SSSR count). The van der Waals surface area contributed by atoms with Gasteiger partial charge in [-0.15, -0.1) is 11.3 Å². The lowest BCUT2D eigenvalue weighted by Gasteiger charge is -2.07. The molecule has 28 heavy (non-hydrogen) atoms. The van der Waals surface area contributed by atoms with Crippen LogP contribution in [0.3, 0.4) is 0 Å². The Morgan fingerprint density at radius 2 is 1.96 bits per heavy atom. The van der Waals surface area contributed by atoms with Crippen molar-refractivity contribution in [3.05, 3.63) is 46.6 Å². The molecule has 3 aromatic rings. The Morgan fingerprint density at radius 1 is 1.25 bits per heavy atom. The number of aromatic nitrogens is 2. The molecular weight excluding hydrogens is 416 g/mol. The molecule has 1 amide bonds. The molecule has 0 fully saturated rings. The lowest BCUT2D eigenvalue weighted by atomic mass is 10.2. The van der Waals surface area contributed by atoms with Crippen LogP contribution in [0.4, 0.5) is 0 Å². The van der Waals surface area contributed by atoms with Crippen molar-refractivity contribution < 1.29 is 13.2 Å². The molecule has 0 unspecified atom stereocenters. The topological polar surface area (TPSA) is 115 Å².